The summed E-state index contributed by atoms with van der Waals surface area (Å²) in [6.45, 7) is 7.75. The quantitative estimate of drug-likeness (QED) is 0.679. The summed E-state index contributed by atoms with van der Waals surface area (Å²) >= 11 is 0. The van der Waals surface area contributed by atoms with Gasteiger partial charge in [-0.15, -0.1) is 0 Å². The molecule has 34 heavy (non-hydrogen) atoms. The molecular weight excluding hydrogens is 434 g/mol. The van der Waals surface area contributed by atoms with Crippen LogP contribution < -0.4 is 5.32 Å². The van der Waals surface area contributed by atoms with E-state index in [1.165, 1.54) is 12.8 Å². The molecule has 3 saturated heterocycles. The predicted octanol–water partition coefficient (Wildman–Crippen LogP) is 1.81. The van der Waals surface area contributed by atoms with Crippen LogP contribution in [-0.4, -0.2) is 92.7 Å². The zero-order chi connectivity index (χ0) is 23.3. The van der Waals surface area contributed by atoms with Gasteiger partial charge >= 0.3 is 0 Å². The molecule has 182 valence electrons. The van der Waals surface area contributed by atoms with E-state index in [2.05, 4.69) is 49.1 Å². The Balaban J connectivity index is 1.27. The number of rotatable bonds is 3. The maximum atomic E-state index is 6.44. The number of anilines is 1. The lowest BCUT2D eigenvalue weighted by Gasteiger charge is -2.29. The van der Waals surface area contributed by atoms with Gasteiger partial charge in [0.25, 0.3) is 0 Å². The highest BCUT2D eigenvalue weighted by Gasteiger charge is 2.56. The highest BCUT2D eigenvalue weighted by Crippen LogP contribution is 2.43. The lowest BCUT2D eigenvalue weighted by Crippen LogP contribution is -2.42. The Morgan fingerprint density at radius 3 is 2.59 bits per heavy atom. The Labute approximate surface area is 200 Å². The third kappa shape index (κ3) is 4.11. The summed E-state index contributed by atoms with van der Waals surface area (Å²) in [6, 6.07) is 3.75. The molecule has 0 spiro atoms. The van der Waals surface area contributed by atoms with Gasteiger partial charge in [-0.1, -0.05) is 12.8 Å². The molecule has 3 aliphatic heterocycles. The number of piperazine rings is 1. The fourth-order valence-corrected chi connectivity index (χ4v) is 5.40. The van der Waals surface area contributed by atoms with Gasteiger partial charge in [0.1, 0.15) is 18.5 Å². The summed E-state index contributed by atoms with van der Waals surface area (Å²) < 4.78 is 20.9. The van der Waals surface area contributed by atoms with E-state index in [0.29, 0.717) is 6.04 Å². The Kier molecular flexibility index (Phi) is 5.60. The van der Waals surface area contributed by atoms with Crippen molar-refractivity contribution in [3.05, 3.63) is 12.7 Å². The van der Waals surface area contributed by atoms with Crippen LogP contribution in [0.2, 0.25) is 0 Å². The summed E-state index contributed by atoms with van der Waals surface area (Å²) in [5, 5.41) is 3.56. The highest BCUT2D eigenvalue weighted by atomic mass is 16.8. The lowest BCUT2D eigenvalue weighted by atomic mass is 10.1. The molecule has 0 aromatic carbocycles. The topological polar surface area (TPSA) is 89.8 Å². The van der Waals surface area contributed by atoms with Crippen LogP contribution >= 0.6 is 0 Å². The van der Waals surface area contributed by atoms with Crippen LogP contribution in [0.3, 0.4) is 0 Å². The van der Waals surface area contributed by atoms with E-state index in [-0.39, 0.29) is 12.2 Å². The fraction of sp³-hybridized carbons (Fsp3) is 0.708. The van der Waals surface area contributed by atoms with Crippen molar-refractivity contribution in [1.82, 2.24) is 29.3 Å². The van der Waals surface area contributed by atoms with Crippen molar-refractivity contribution in [2.45, 2.75) is 75.9 Å². The number of likely N-dealkylation sites (N-methyl/N-ethyl adjacent to an activating group) is 1. The van der Waals surface area contributed by atoms with Crippen LogP contribution in [0.4, 0.5) is 5.82 Å². The molecule has 4 aliphatic rings. The number of hydrogen-bond acceptors (Lipinski definition) is 9. The maximum Gasteiger partial charge on any atom is 0.167 e. The number of nitrogens with one attached hydrogen (secondary N) is 1. The average molecular weight is 468 g/mol. The van der Waals surface area contributed by atoms with Crippen LogP contribution in [0.25, 0.3) is 11.2 Å². The molecule has 0 amide bonds. The van der Waals surface area contributed by atoms with Crippen LogP contribution in [0.5, 0.6) is 0 Å². The molecule has 5 heterocycles. The third-order valence-corrected chi connectivity index (χ3v) is 7.23. The van der Waals surface area contributed by atoms with Crippen molar-refractivity contribution in [3.8, 4) is 12.0 Å². The molecule has 10 nitrogen and oxygen atoms in total. The number of ether oxygens (including phenoxy) is 3. The third-order valence-electron chi connectivity index (χ3n) is 7.23. The molecule has 6 rings (SSSR count). The SMILES string of the molecule is CN1CCN(C#CC2OC(n3cnc4c(NC5CCCC5)ncnc43)C3OC(C)(C)OC23)CC1. The minimum absolute atomic E-state index is 0.282. The zero-order valence-electron chi connectivity index (χ0n) is 20.1. The van der Waals surface area contributed by atoms with Gasteiger partial charge in [-0.2, -0.15) is 0 Å². The molecule has 4 atom stereocenters. The van der Waals surface area contributed by atoms with Crippen LogP contribution in [0.1, 0.15) is 45.8 Å². The van der Waals surface area contributed by atoms with E-state index in [1.807, 2.05) is 18.4 Å². The number of aromatic nitrogens is 4. The second-order valence-corrected chi connectivity index (χ2v) is 10.2. The standard InChI is InChI=1S/C24H33N7O3/c1-24(2)33-19-17(8-9-30-12-10-29(3)11-13-30)32-23(20(19)34-24)31-15-27-18-21(25-14-26-22(18)31)28-16-6-4-5-7-16/h14-17,19-20,23H,4-7,10-13H2,1-3H3,(H,25,26,28). The van der Waals surface area contributed by atoms with Crippen molar-refractivity contribution in [1.29, 1.82) is 0 Å². The van der Waals surface area contributed by atoms with Crippen LogP contribution in [0, 0.1) is 12.0 Å². The van der Waals surface area contributed by atoms with Gasteiger partial charge in [-0.3, -0.25) is 4.57 Å². The van der Waals surface area contributed by atoms with Crippen LogP contribution in [0.15, 0.2) is 12.7 Å². The largest absolute Gasteiger partial charge is 0.365 e. The van der Waals surface area contributed by atoms with Gasteiger partial charge in [0.05, 0.1) is 6.33 Å². The van der Waals surface area contributed by atoms with Crippen molar-refractivity contribution < 1.29 is 14.2 Å². The van der Waals surface area contributed by atoms with Crippen molar-refractivity contribution >= 4 is 17.0 Å². The van der Waals surface area contributed by atoms with Gasteiger partial charge in [0, 0.05) is 38.3 Å². The van der Waals surface area contributed by atoms with E-state index >= 15 is 0 Å². The van der Waals surface area contributed by atoms with Gasteiger partial charge in [-0.05, 0) is 39.7 Å². The van der Waals surface area contributed by atoms with Crippen molar-refractivity contribution in [2.24, 2.45) is 0 Å². The molecule has 0 bridgehead atoms. The van der Waals surface area contributed by atoms with Crippen molar-refractivity contribution in [3.63, 3.8) is 0 Å². The minimum Gasteiger partial charge on any atom is -0.365 e. The highest BCUT2D eigenvalue weighted by molar-refractivity contribution is 5.82. The van der Waals surface area contributed by atoms with Crippen LogP contribution in [-0.2, 0) is 14.2 Å². The maximum absolute atomic E-state index is 6.44. The lowest BCUT2D eigenvalue weighted by molar-refractivity contribution is -0.190. The first-order valence-corrected chi connectivity index (χ1v) is 12.4. The monoisotopic (exact) mass is 467 g/mol. The van der Waals surface area contributed by atoms with Gasteiger partial charge in [-0.25, -0.2) is 15.0 Å². The van der Waals surface area contributed by atoms with E-state index in [4.69, 9.17) is 14.2 Å². The van der Waals surface area contributed by atoms with Gasteiger partial charge in [0.15, 0.2) is 35.1 Å². The van der Waals surface area contributed by atoms with Gasteiger partial charge < -0.3 is 29.3 Å². The second kappa shape index (κ2) is 8.64. The molecule has 4 fully saturated rings. The summed E-state index contributed by atoms with van der Waals surface area (Å²) in [6.07, 6.45) is 6.77. The van der Waals surface area contributed by atoms with Gasteiger partial charge in [0.2, 0.25) is 0 Å². The normalized spacial score (nSPS) is 31.6. The zero-order valence-corrected chi connectivity index (χ0v) is 20.1. The van der Waals surface area contributed by atoms with E-state index in [9.17, 15) is 0 Å². The minimum atomic E-state index is -0.703. The summed E-state index contributed by atoms with van der Waals surface area (Å²) in [5.41, 5.74) is 1.47. The summed E-state index contributed by atoms with van der Waals surface area (Å²) in [7, 11) is 2.14. The molecule has 0 radical (unpaired) electrons. The first-order chi connectivity index (χ1) is 16.5. The van der Waals surface area contributed by atoms with E-state index in [0.717, 1.165) is 56.0 Å². The summed E-state index contributed by atoms with van der Waals surface area (Å²) in [4.78, 5) is 18.2. The summed E-state index contributed by atoms with van der Waals surface area (Å²) in [5.74, 6) is 3.40. The predicted molar refractivity (Wildman–Crippen MR) is 126 cm³/mol. The van der Waals surface area contributed by atoms with E-state index < -0.39 is 18.1 Å². The Hall–Kier alpha value is -2.45. The Morgan fingerprint density at radius 2 is 1.79 bits per heavy atom. The molecular formula is C24H33N7O3. The van der Waals surface area contributed by atoms with E-state index in [1.54, 1.807) is 12.7 Å². The first kappa shape index (κ1) is 22.0. The molecule has 1 aliphatic carbocycles. The molecule has 1 N–H and O–H groups in total. The molecule has 10 heteroatoms. The molecule has 4 unspecified atom stereocenters. The Bertz CT molecular complexity index is 1090. The molecule has 2 aromatic rings. The smallest absolute Gasteiger partial charge is 0.167 e. The number of fused-ring (bicyclic) bond motifs is 2. The molecule has 1 saturated carbocycles. The second-order valence-electron chi connectivity index (χ2n) is 10.2. The number of hydrogen-bond donors (Lipinski definition) is 1. The fourth-order valence-electron chi connectivity index (χ4n) is 5.40. The number of nitrogens with zero attached hydrogens (tertiary/aromatic N) is 6. The van der Waals surface area contributed by atoms with Crippen molar-refractivity contribution in [2.75, 3.05) is 38.5 Å². The first-order valence-electron chi connectivity index (χ1n) is 12.4. The molecule has 2 aromatic heterocycles. The average Bonchev–Trinajstić information content (AvgIpc) is 3.58. The Morgan fingerprint density at radius 1 is 1.03 bits per heavy atom. The number of imidazole rings is 1.